The van der Waals surface area contributed by atoms with E-state index >= 15 is 0 Å². The van der Waals surface area contributed by atoms with Crippen molar-refractivity contribution in [3.05, 3.63) is 47.1 Å². The Balaban J connectivity index is 2.16. The summed E-state index contributed by atoms with van der Waals surface area (Å²) in [6.07, 6.45) is 0.154. The highest BCUT2D eigenvalue weighted by Gasteiger charge is 2.18. The molecule has 0 aliphatic carbocycles. The third-order valence-electron chi connectivity index (χ3n) is 3.03. The SMILES string of the molecule is CC(N)C(C)c1nc(Cc2ccc(F)cc2F)no1. The second-order valence-corrected chi connectivity index (χ2v) is 4.61. The number of nitrogens with zero attached hydrogens (tertiary/aromatic N) is 2. The standard InChI is InChI=1S/C13H15F2N3O/c1-7(8(2)16)13-17-12(18-19-13)5-9-3-4-10(14)6-11(9)15/h3-4,6-8H,5,16H2,1-2H3. The van der Waals surface area contributed by atoms with Crippen LogP contribution in [0.5, 0.6) is 0 Å². The van der Waals surface area contributed by atoms with Crippen LogP contribution in [0, 0.1) is 11.6 Å². The summed E-state index contributed by atoms with van der Waals surface area (Å²) in [5, 5.41) is 3.78. The van der Waals surface area contributed by atoms with Gasteiger partial charge in [-0.25, -0.2) is 8.78 Å². The van der Waals surface area contributed by atoms with E-state index in [1.54, 1.807) is 0 Å². The van der Waals surface area contributed by atoms with Crippen LogP contribution in [-0.2, 0) is 6.42 Å². The molecule has 0 radical (unpaired) electrons. The topological polar surface area (TPSA) is 64.9 Å². The Bertz CT molecular complexity index is 569. The minimum Gasteiger partial charge on any atom is -0.339 e. The maximum absolute atomic E-state index is 13.5. The zero-order valence-corrected chi connectivity index (χ0v) is 10.7. The molecule has 2 unspecified atom stereocenters. The molecule has 0 saturated carbocycles. The van der Waals surface area contributed by atoms with Gasteiger partial charge in [-0.05, 0) is 18.6 Å². The summed E-state index contributed by atoms with van der Waals surface area (Å²) in [6.45, 7) is 3.72. The lowest BCUT2D eigenvalue weighted by Gasteiger charge is -2.09. The molecule has 2 N–H and O–H groups in total. The summed E-state index contributed by atoms with van der Waals surface area (Å²) in [5.74, 6) is -0.521. The molecule has 0 saturated heterocycles. The van der Waals surface area contributed by atoms with E-state index in [1.807, 2.05) is 13.8 Å². The van der Waals surface area contributed by atoms with Crippen molar-refractivity contribution in [3.8, 4) is 0 Å². The molecule has 0 bridgehead atoms. The molecule has 19 heavy (non-hydrogen) atoms. The van der Waals surface area contributed by atoms with Crippen LogP contribution < -0.4 is 5.73 Å². The van der Waals surface area contributed by atoms with Crippen molar-refractivity contribution >= 4 is 0 Å². The maximum atomic E-state index is 13.5. The molecule has 2 aromatic rings. The molecule has 0 spiro atoms. The fraction of sp³-hybridized carbons (Fsp3) is 0.385. The summed E-state index contributed by atoms with van der Waals surface area (Å²) in [5.41, 5.74) is 6.06. The highest BCUT2D eigenvalue weighted by Crippen LogP contribution is 2.18. The fourth-order valence-corrected chi connectivity index (χ4v) is 1.58. The minimum atomic E-state index is -0.619. The average molecular weight is 267 g/mol. The quantitative estimate of drug-likeness (QED) is 0.923. The number of hydrogen-bond acceptors (Lipinski definition) is 4. The van der Waals surface area contributed by atoms with Crippen molar-refractivity contribution in [2.45, 2.75) is 32.2 Å². The van der Waals surface area contributed by atoms with Gasteiger partial charge in [-0.3, -0.25) is 0 Å². The Hall–Kier alpha value is -1.82. The lowest BCUT2D eigenvalue weighted by molar-refractivity contribution is 0.343. The molecule has 0 amide bonds. The Labute approximate surface area is 109 Å². The Morgan fingerprint density at radius 1 is 1.32 bits per heavy atom. The van der Waals surface area contributed by atoms with Gasteiger partial charge >= 0.3 is 0 Å². The van der Waals surface area contributed by atoms with Gasteiger partial charge in [0.25, 0.3) is 0 Å². The minimum absolute atomic E-state index is 0.0701. The molecule has 102 valence electrons. The Morgan fingerprint density at radius 3 is 2.68 bits per heavy atom. The van der Waals surface area contributed by atoms with E-state index < -0.39 is 11.6 Å². The van der Waals surface area contributed by atoms with Crippen LogP contribution in [0.15, 0.2) is 22.7 Å². The second-order valence-electron chi connectivity index (χ2n) is 4.61. The first-order valence-electron chi connectivity index (χ1n) is 5.99. The van der Waals surface area contributed by atoms with Crippen molar-refractivity contribution in [1.82, 2.24) is 10.1 Å². The van der Waals surface area contributed by atoms with Gasteiger partial charge in [-0.2, -0.15) is 4.98 Å². The summed E-state index contributed by atoms with van der Waals surface area (Å²) in [7, 11) is 0. The Morgan fingerprint density at radius 2 is 2.05 bits per heavy atom. The smallest absolute Gasteiger partial charge is 0.231 e. The first kappa shape index (κ1) is 13.6. The highest BCUT2D eigenvalue weighted by molar-refractivity contribution is 5.21. The molecule has 0 aliphatic rings. The van der Waals surface area contributed by atoms with Crippen LogP contribution in [0.1, 0.15) is 37.0 Å². The van der Waals surface area contributed by atoms with E-state index in [-0.39, 0.29) is 18.4 Å². The van der Waals surface area contributed by atoms with Crippen molar-refractivity contribution in [2.24, 2.45) is 5.73 Å². The molecule has 0 fully saturated rings. The molecule has 6 heteroatoms. The fourth-order valence-electron chi connectivity index (χ4n) is 1.58. The number of aromatic nitrogens is 2. The second kappa shape index (κ2) is 5.44. The summed E-state index contributed by atoms with van der Waals surface area (Å²) in [4.78, 5) is 4.17. The predicted octanol–water partition coefficient (Wildman–Crippen LogP) is 2.39. The van der Waals surface area contributed by atoms with Gasteiger partial charge in [-0.1, -0.05) is 18.1 Å². The summed E-state index contributed by atoms with van der Waals surface area (Å²) < 4.78 is 31.4. The lowest BCUT2D eigenvalue weighted by atomic mass is 10.1. The monoisotopic (exact) mass is 267 g/mol. The lowest BCUT2D eigenvalue weighted by Crippen LogP contribution is -2.22. The molecule has 1 aromatic heterocycles. The van der Waals surface area contributed by atoms with Crippen LogP contribution in [0.4, 0.5) is 8.78 Å². The van der Waals surface area contributed by atoms with Crippen molar-refractivity contribution < 1.29 is 13.3 Å². The van der Waals surface area contributed by atoms with Crippen molar-refractivity contribution in [2.75, 3.05) is 0 Å². The van der Waals surface area contributed by atoms with Crippen LogP contribution in [0.3, 0.4) is 0 Å². The number of rotatable bonds is 4. The molecule has 0 aliphatic heterocycles. The van der Waals surface area contributed by atoms with E-state index in [1.165, 1.54) is 12.1 Å². The molecule has 1 aromatic carbocycles. The number of nitrogens with two attached hydrogens (primary N) is 1. The molecular weight excluding hydrogens is 252 g/mol. The van der Waals surface area contributed by atoms with Crippen LogP contribution in [0.25, 0.3) is 0 Å². The third kappa shape index (κ3) is 3.14. The molecule has 4 nitrogen and oxygen atoms in total. The van der Waals surface area contributed by atoms with E-state index in [4.69, 9.17) is 10.3 Å². The largest absolute Gasteiger partial charge is 0.339 e. The van der Waals surface area contributed by atoms with Crippen LogP contribution in [-0.4, -0.2) is 16.2 Å². The third-order valence-corrected chi connectivity index (χ3v) is 3.03. The Kier molecular flexibility index (Phi) is 3.90. The molecular formula is C13H15F2N3O. The van der Waals surface area contributed by atoms with Crippen molar-refractivity contribution in [1.29, 1.82) is 0 Å². The average Bonchev–Trinajstić information content (AvgIpc) is 2.80. The molecule has 1 heterocycles. The number of hydrogen-bond donors (Lipinski definition) is 1. The van der Waals surface area contributed by atoms with Crippen LogP contribution in [0.2, 0.25) is 0 Å². The normalized spacial score (nSPS) is 14.4. The first-order chi connectivity index (χ1) is 8.97. The first-order valence-corrected chi connectivity index (χ1v) is 5.99. The van der Waals surface area contributed by atoms with Crippen molar-refractivity contribution in [3.63, 3.8) is 0 Å². The van der Waals surface area contributed by atoms with E-state index in [2.05, 4.69) is 10.1 Å². The van der Waals surface area contributed by atoms with Gasteiger partial charge in [0.1, 0.15) is 11.6 Å². The van der Waals surface area contributed by atoms with E-state index in [0.717, 1.165) is 6.07 Å². The van der Waals surface area contributed by atoms with Gasteiger partial charge in [-0.15, -0.1) is 0 Å². The van der Waals surface area contributed by atoms with Gasteiger partial charge < -0.3 is 10.3 Å². The zero-order chi connectivity index (χ0) is 14.0. The van der Waals surface area contributed by atoms with E-state index in [0.29, 0.717) is 17.3 Å². The van der Waals surface area contributed by atoms with E-state index in [9.17, 15) is 8.78 Å². The van der Waals surface area contributed by atoms with Gasteiger partial charge in [0, 0.05) is 18.5 Å². The molecule has 2 rings (SSSR count). The van der Waals surface area contributed by atoms with Gasteiger partial charge in [0.05, 0.1) is 5.92 Å². The number of halogens is 2. The summed E-state index contributed by atoms with van der Waals surface area (Å²) in [6, 6.07) is 3.29. The van der Waals surface area contributed by atoms with Crippen LogP contribution >= 0.6 is 0 Å². The predicted molar refractivity (Wildman–Crippen MR) is 65.5 cm³/mol. The zero-order valence-electron chi connectivity index (χ0n) is 10.7. The van der Waals surface area contributed by atoms with Gasteiger partial charge in [0.2, 0.25) is 5.89 Å². The summed E-state index contributed by atoms with van der Waals surface area (Å²) >= 11 is 0. The highest BCUT2D eigenvalue weighted by atomic mass is 19.1. The molecule has 2 atom stereocenters. The van der Waals surface area contributed by atoms with Gasteiger partial charge in [0.15, 0.2) is 5.82 Å². The number of benzene rings is 1. The maximum Gasteiger partial charge on any atom is 0.231 e.